The molecule has 3 nitrogen and oxygen atoms in total. The predicted molar refractivity (Wildman–Crippen MR) is 78.0 cm³/mol. The minimum absolute atomic E-state index is 0.519. The summed E-state index contributed by atoms with van der Waals surface area (Å²) < 4.78 is 0. The summed E-state index contributed by atoms with van der Waals surface area (Å²) in [7, 11) is 0. The first-order valence-corrected chi connectivity index (χ1v) is 7.94. The van der Waals surface area contributed by atoms with Gasteiger partial charge in [-0.25, -0.2) is 4.98 Å². The molecule has 1 fully saturated rings. The highest BCUT2D eigenvalue weighted by molar-refractivity contribution is 7.09. The van der Waals surface area contributed by atoms with Crippen LogP contribution in [0.1, 0.15) is 43.3 Å². The van der Waals surface area contributed by atoms with E-state index >= 15 is 0 Å². The molecule has 1 aromatic rings. The van der Waals surface area contributed by atoms with Gasteiger partial charge in [0.15, 0.2) is 0 Å². The van der Waals surface area contributed by atoms with Crippen LogP contribution in [0.5, 0.6) is 0 Å². The summed E-state index contributed by atoms with van der Waals surface area (Å²) in [5.41, 5.74) is 1.71. The topological polar surface area (TPSA) is 37.0 Å². The van der Waals surface area contributed by atoms with Crippen molar-refractivity contribution >= 4 is 11.3 Å². The zero-order valence-electron chi connectivity index (χ0n) is 11.6. The third-order valence-corrected chi connectivity index (χ3v) is 4.74. The van der Waals surface area contributed by atoms with Gasteiger partial charge in [-0.15, -0.1) is 11.3 Å². The Balaban J connectivity index is 1.82. The fourth-order valence-electron chi connectivity index (χ4n) is 2.95. The number of aromatic nitrogens is 1. The maximum absolute atomic E-state index is 4.51. The van der Waals surface area contributed by atoms with Crippen LogP contribution in [0.2, 0.25) is 0 Å². The van der Waals surface area contributed by atoms with Gasteiger partial charge in [0.1, 0.15) is 0 Å². The molecule has 1 saturated heterocycles. The molecule has 0 saturated carbocycles. The van der Waals surface area contributed by atoms with E-state index in [1.54, 1.807) is 11.3 Å². The summed E-state index contributed by atoms with van der Waals surface area (Å²) in [6.07, 6.45) is 5.25. The maximum Gasteiger partial charge on any atom is 0.0897 e. The average molecular weight is 267 g/mol. The molecule has 4 heteroatoms. The van der Waals surface area contributed by atoms with Crippen LogP contribution >= 0.6 is 11.3 Å². The first kappa shape index (κ1) is 14.0. The molecular formula is C14H25N3S. The van der Waals surface area contributed by atoms with Crippen molar-refractivity contribution in [3.8, 4) is 0 Å². The van der Waals surface area contributed by atoms with Crippen LogP contribution in [0.4, 0.5) is 0 Å². The van der Waals surface area contributed by atoms with Crippen molar-refractivity contribution in [1.29, 1.82) is 0 Å². The lowest BCUT2D eigenvalue weighted by Crippen LogP contribution is -2.43. The van der Waals surface area contributed by atoms with Gasteiger partial charge in [0.05, 0.1) is 10.7 Å². The summed E-state index contributed by atoms with van der Waals surface area (Å²) in [5, 5.41) is 10.4. The molecule has 0 unspecified atom stereocenters. The Morgan fingerprint density at radius 1 is 1.44 bits per heavy atom. The minimum atomic E-state index is 0.519. The van der Waals surface area contributed by atoms with Crippen molar-refractivity contribution in [2.45, 2.75) is 46.1 Å². The van der Waals surface area contributed by atoms with Gasteiger partial charge in [0.2, 0.25) is 0 Å². The zero-order valence-corrected chi connectivity index (χ0v) is 12.4. The van der Waals surface area contributed by atoms with E-state index in [0.29, 0.717) is 5.41 Å². The molecule has 1 aliphatic heterocycles. The van der Waals surface area contributed by atoms with Crippen LogP contribution in [0, 0.1) is 12.3 Å². The summed E-state index contributed by atoms with van der Waals surface area (Å²) in [6.45, 7) is 8.78. The molecule has 0 aromatic carbocycles. The zero-order chi connectivity index (χ0) is 12.8. The van der Waals surface area contributed by atoms with Gasteiger partial charge < -0.3 is 10.6 Å². The summed E-state index contributed by atoms with van der Waals surface area (Å²) >= 11 is 1.74. The molecule has 1 aliphatic rings. The van der Waals surface area contributed by atoms with E-state index in [1.807, 2.05) is 0 Å². The number of rotatable bonds is 6. The van der Waals surface area contributed by atoms with Crippen molar-refractivity contribution < 1.29 is 0 Å². The number of hydrogen-bond donors (Lipinski definition) is 2. The third-order valence-electron chi connectivity index (χ3n) is 3.92. The van der Waals surface area contributed by atoms with Gasteiger partial charge in [0.25, 0.3) is 0 Å². The van der Waals surface area contributed by atoms with Crippen LogP contribution in [0.15, 0.2) is 5.38 Å². The van der Waals surface area contributed by atoms with E-state index in [2.05, 4.69) is 34.8 Å². The lowest BCUT2D eigenvalue weighted by molar-refractivity contribution is 0.175. The number of hydrogen-bond acceptors (Lipinski definition) is 4. The minimum Gasteiger partial charge on any atom is -0.317 e. The molecular weight excluding hydrogens is 242 g/mol. The maximum atomic E-state index is 4.51. The highest BCUT2D eigenvalue weighted by atomic mass is 32.1. The quantitative estimate of drug-likeness (QED) is 0.832. The highest BCUT2D eigenvalue weighted by Crippen LogP contribution is 2.33. The van der Waals surface area contributed by atoms with Crippen molar-refractivity contribution in [3.63, 3.8) is 0 Å². The molecule has 102 valence electrons. The second-order valence-electron chi connectivity index (χ2n) is 5.46. The van der Waals surface area contributed by atoms with Crippen molar-refractivity contribution in [1.82, 2.24) is 15.6 Å². The van der Waals surface area contributed by atoms with E-state index in [1.165, 1.54) is 44.5 Å². The number of nitrogens with zero attached hydrogens (tertiary/aromatic N) is 1. The highest BCUT2D eigenvalue weighted by Gasteiger charge is 2.30. The van der Waals surface area contributed by atoms with Gasteiger partial charge in [-0.3, -0.25) is 0 Å². The molecule has 0 radical (unpaired) electrons. The first-order chi connectivity index (χ1) is 8.74. The fraction of sp³-hybridized carbons (Fsp3) is 0.786. The van der Waals surface area contributed by atoms with Crippen LogP contribution in [0.25, 0.3) is 0 Å². The smallest absolute Gasteiger partial charge is 0.0897 e. The van der Waals surface area contributed by atoms with Gasteiger partial charge in [-0.05, 0) is 44.7 Å². The summed E-state index contributed by atoms with van der Waals surface area (Å²) in [4.78, 5) is 4.51. The molecule has 2 rings (SSSR count). The number of thiazole rings is 1. The van der Waals surface area contributed by atoms with E-state index in [9.17, 15) is 0 Å². The second kappa shape index (κ2) is 6.64. The van der Waals surface area contributed by atoms with Crippen molar-refractivity contribution in [3.05, 3.63) is 16.1 Å². The van der Waals surface area contributed by atoms with Gasteiger partial charge >= 0.3 is 0 Å². The Morgan fingerprint density at radius 3 is 2.83 bits per heavy atom. The van der Waals surface area contributed by atoms with Crippen LogP contribution in [-0.4, -0.2) is 24.6 Å². The molecule has 18 heavy (non-hydrogen) atoms. The molecule has 0 atom stereocenters. The molecule has 0 aliphatic carbocycles. The molecule has 2 heterocycles. The second-order valence-corrected chi connectivity index (χ2v) is 6.52. The van der Waals surface area contributed by atoms with E-state index < -0.39 is 0 Å². The lowest BCUT2D eigenvalue weighted by Gasteiger charge is -2.38. The van der Waals surface area contributed by atoms with E-state index in [0.717, 1.165) is 18.1 Å². The fourth-order valence-corrected chi connectivity index (χ4v) is 3.56. The van der Waals surface area contributed by atoms with Crippen LogP contribution in [-0.2, 0) is 6.54 Å². The number of nitrogens with one attached hydrogen (secondary N) is 2. The Hall–Kier alpha value is -0.450. The number of piperidine rings is 1. The monoisotopic (exact) mass is 267 g/mol. The first-order valence-electron chi connectivity index (χ1n) is 7.06. The van der Waals surface area contributed by atoms with Gasteiger partial charge in [0, 0.05) is 18.5 Å². The standard InChI is InChI=1S/C14H25N3S/c1-3-4-14(5-7-15-8-6-14)11-16-9-13-10-18-12(2)17-13/h10,15-16H,3-9,11H2,1-2H3. The van der Waals surface area contributed by atoms with Crippen LogP contribution in [0.3, 0.4) is 0 Å². The third kappa shape index (κ3) is 3.77. The molecule has 0 bridgehead atoms. The Labute approximate surface area is 114 Å². The lowest BCUT2D eigenvalue weighted by atomic mass is 9.75. The normalized spacial score (nSPS) is 19.0. The molecule has 0 spiro atoms. The Morgan fingerprint density at radius 2 is 2.22 bits per heavy atom. The average Bonchev–Trinajstić information content (AvgIpc) is 2.77. The Bertz CT molecular complexity index is 350. The SMILES string of the molecule is CCCC1(CNCc2csc(C)n2)CCNCC1. The van der Waals surface area contributed by atoms with Crippen LogP contribution < -0.4 is 10.6 Å². The molecule has 2 N–H and O–H groups in total. The van der Waals surface area contributed by atoms with Gasteiger partial charge in [-0.2, -0.15) is 0 Å². The largest absolute Gasteiger partial charge is 0.317 e. The van der Waals surface area contributed by atoms with Crippen molar-refractivity contribution in [2.24, 2.45) is 5.41 Å². The summed E-state index contributed by atoms with van der Waals surface area (Å²) in [5.74, 6) is 0. The van der Waals surface area contributed by atoms with E-state index in [-0.39, 0.29) is 0 Å². The molecule has 0 amide bonds. The van der Waals surface area contributed by atoms with Gasteiger partial charge in [-0.1, -0.05) is 13.3 Å². The van der Waals surface area contributed by atoms with Crippen molar-refractivity contribution in [2.75, 3.05) is 19.6 Å². The van der Waals surface area contributed by atoms with E-state index in [4.69, 9.17) is 0 Å². The summed E-state index contributed by atoms with van der Waals surface area (Å²) in [6, 6.07) is 0. The molecule has 1 aromatic heterocycles. The number of aryl methyl sites for hydroxylation is 1. The predicted octanol–water partition coefficient (Wildman–Crippen LogP) is 2.71. The Kier molecular flexibility index (Phi) is 5.15.